The summed E-state index contributed by atoms with van der Waals surface area (Å²) >= 11 is 0. The van der Waals surface area contributed by atoms with Crippen molar-refractivity contribution in [2.45, 2.75) is 12.3 Å². The number of carbonyl (C=O) groups is 2. The first-order chi connectivity index (χ1) is 13.5. The number of anilines is 1. The smallest absolute Gasteiger partial charge is 0.253 e. The lowest BCUT2D eigenvalue weighted by atomic mass is 9.97. The minimum Gasteiger partial charge on any atom is -0.496 e. The van der Waals surface area contributed by atoms with Crippen LogP contribution in [0, 0.1) is 0 Å². The first-order valence-electron chi connectivity index (χ1n) is 9.44. The Morgan fingerprint density at radius 2 is 1.96 bits per heavy atom. The number of para-hydroxylation sites is 1. The van der Waals surface area contributed by atoms with Crippen molar-refractivity contribution in [3.63, 3.8) is 0 Å². The molecule has 28 heavy (non-hydrogen) atoms. The fraction of sp³-hybridized carbons (Fsp3) is 0.364. The number of likely N-dealkylation sites (tertiary alicyclic amines) is 1. The highest BCUT2D eigenvalue weighted by atomic mass is 16.5. The van der Waals surface area contributed by atoms with Gasteiger partial charge in [-0.2, -0.15) is 0 Å². The SMILES string of the molecule is COc1ccccc1C1CCN(CC(=O)Nc2cccc(C(=O)N(C)C)c2)C1. The average Bonchev–Trinajstić information content (AvgIpc) is 3.15. The number of rotatable bonds is 6. The lowest BCUT2D eigenvalue weighted by Crippen LogP contribution is -2.31. The average molecular weight is 381 g/mol. The number of methoxy groups -OCH3 is 1. The summed E-state index contributed by atoms with van der Waals surface area (Å²) < 4.78 is 5.47. The van der Waals surface area contributed by atoms with Crippen LogP contribution < -0.4 is 10.1 Å². The van der Waals surface area contributed by atoms with Gasteiger partial charge in [0.2, 0.25) is 5.91 Å². The Hall–Kier alpha value is -2.86. The second kappa shape index (κ2) is 8.89. The molecule has 1 heterocycles. The molecule has 2 aromatic carbocycles. The molecule has 1 atom stereocenters. The maximum atomic E-state index is 12.5. The van der Waals surface area contributed by atoms with E-state index < -0.39 is 0 Å². The standard InChI is InChI=1S/C22H27N3O3/c1-24(2)22(27)16-7-6-8-18(13-16)23-21(26)15-25-12-11-17(14-25)19-9-4-5-10-20(19)28-3/h4-10,13,17H,11-12,14-15H2,1-3H3,(H,23,26). The molecule has 1 unspecified atom stereocenters. The van der Waals surface area contributed by atoms with Gasteiger partial charge in [-0.25, -0.2) is 0 Å². The summed E-state index contributed by atoms with van der Waals surface area (Å²) in [5.74, 6) is 1.11. The zero-order chi connectivity index (χ0) is 20.1. The summed E-state index contributed by atoms with van der Waals surface area (Å²) in [5.41, 5.74) is 2.39. The number of benzene rings is 2. The number of carbonyl (C=O) groups excluding carboxylic acids is 2. The summed E-state index contributed by atoms with van der Waals surface area (Å²) in [6, 6.07) is 15.1. The van der Waals surface area contributed by atoms with Gasteiger partial charge >= 0.3 is 0 Å². The van der Waals surface area contributed by atoms with Crippen molar-refractivity contribution >= 4 is 17.5 Å². The molecule has 0 saturated carbocycles. The van der Waals surface area contributed by atoms with Crippen LogP contribution in [0.4, 0.5) is 5.69 Å². The molecule has 1 N–H and O–H groups in total. The minimum atomic E-state index is -0.0877. The van der Waals surface area contributed by atoms with Gasteiger partial charge in [0.25, 0.3) is 5.91 Å². The van der Waals surface area contributed by atoms with Gasteiger partial charge in [-0.1, -0.05) is 24.3 Å². The molecule has 148 valence electrons. The molecule has 1 aliphatic rings. The third kappa shape index (κ3) is 4.70. The van der Waals surface area contributed by atoms with Crippen LogP contribution in [0.15, 0.2) is 48.5 Å². The molecular formula is C22H27N3O3. The summed E-state index contributed by atoms with van der Waals surface area (Å²) in [6.45, 7) is 2.03. The van der Waals surface area contributed by atoms with Crippen molar-refractivity contribution in [1.82, 2.24) is 9.80 Å². The third-order valence-electron chi connectivity index (χ3n) is 5.02. The monoisotopic (exact) mass is 381 g/mol. The highest BCUT2D eigenvalue weighted by Crippen LogP contribution is 2.33. The molecule has 0 radical (unpaired) electrons. The maximum absolute atomic E-state index is 12.5. The van der Waals surface area contributed by atoms with Gasteiger partial charge in [0.15, 0.2) is 0 Å². The number of ether oxygens (including phenoxy) is 1. The first kappa shape index (κ1) is 19.9. The molecule has 0 aliphatic carbocycles. The van der Waals surface area contributed by atoms with E-state index in [9.17, 15) is 9.59 Å². The van der Waals surface area contributed by atoms with Gasteiger partial charge in [0.1, 0.15) is 5.75 Å². The Bertz CT molecular complexity index is 850. The van der Waals surface area contributed by atoms with Crippen LogP contribution in [-0.4, -0.2) is 62.5 Å². The van der Waals surface area contributed by atoms with Crippen molar-refractivity contribution in [1.29, 1.82) is 0 Å². The van der Waals surface area contributed by atoms with E-state index in [0.29, 0.717) is 23.7 Å². The molecule has 1 saturated heterocycles. The van der Waals surface area contributed by atoms with Gasteiger partial charge in [0, 0.05) is 37.8 Å². The van der Waals surface area contributed by atoms with Gasteiger partial charge in [-0.15, -0.1) is 0 Å². The van der Waals surface area contributed by atoms with E-state index in [1.807, 2.05) is 18.2 Å². The number of amides is 2. The minimum absolute atomic E-state index is 0.0740. The highest BCUT2D eigenvalue weighted by Gasteiger charge is 2.27. The predicted octanol–water partition coefficient (Wildman–Crippen LogP) is 2.83. The number of hydrogen-bond acceptors (Lipinski definition) is 4. The quantitative estimate of drug-likeness (QED) is 0.836. The molecule has 1 aliphatic heterocycles. The Balaban J connectivity index is 1.58. The van der Waals surface area contributed by atoms with Crippen molar-refractivity contribution in [3.05, 3.63) is 59.7 Å². The summed E-state index contributed by atoms with van der Waals surface area (Å²) in [6.07, 6.45) is 1.00. The van der Waals surface area contributed by atoms with Crippen LogP contribution in [0.2, 0.25) is 0 Å². The first-order valence-corrected chi connectivity index (χ1v) is 9.44. The number of hydrogen-bond donors (Lipinski definition) is 1. The molecule has 6 heteroatoms. The molecule has 1 fully saturated rings. The van der Waals surface area contributed by atoms with Crippen LogP contribution in [-0.2, 0) is 4.79 Å². The topological polar surface area (TPSA) is 61.9 Å². The summed E-state index contributed by atoms with van der Waals surface area (Å²) in [7, 11) is 5.10. The van der Waals surface area contributed by atoms with Crippen molar-refractivity contribution in [3.8, 4) is 5.75 Å². The van der Waals surface area contributed by atoms with Crippen LogP contribution in [0.3, 0.4) is 0 Å². The third-order valence-corrected chi connectivity index (χ3v) is 5.02. The predicted molar refractivity (Wildman–Crippen MR) is 110 cm³/mol. The van der Waals surface area contributed by atoms with Gasteiger partial charge in [-0.3, -0.25) is 14.5 Å². The van der Waals surface area contributed by atoms with E-state index >= 15 is 0 Å². The normalized spacial score (nSPS) is 16.6. The van der Waals surface area contributed by atoms with Gasteiger partial charge in [0.05, 0.1) is 13.7 Å². The lowest BCUT2D eigenvalue weighted by Gasteiger charge is -2.17. The fourth-order valence-corrected chi connectivity index (χ4v) is 3.63. The zero-order valence-corrected chi connectivity index (χ0v) is 16.6. The Labute approximate surface area is 166 Å². The second-order valence-electron chi connectivity index (χ2n) is 7.29. The molecule has 2 amide bonds. The Kier molecular flexibility index (Phi) is 6.31. The van der Waals surface area contributed by atoms with Crippen LogP contribution in [0.25, 0.3) is 0 Å². The molecule has 6 nitrogen and oxygen atoms in total. The molecule has 0 aromatic heterocycles. The highest BCUT2D eigenvalue weighted by molar-refractivity contribution is 5.97. The Morgan fingerprint density at radius 3 is 2.71 bits per heavy atom. The van der Waals surface area contributed by atoms with Crippen molar-refractivity contribution in [2.75, 3.05) is 46.2 Å². The maximum Gasteiger partial charge on any atom is 0.253 e. The summed E-state index contributed by atoms with van der Waals surface area (Å²) in [4.78, 5) is 28.2. The molecule has 0 spiro atoms. The number of nitrogens with one attached hydrogen (secondary N) is 1. The molecule has 0 bridgehead atoms. The lowest BCUT2D eigenvalue weighted by molar-refractivity contribution is -0.117. The molecular weight excluding hydrogens is 354 g/mol. The van der Waals surface area contributed by atoms with Crippen LogP contribution in [0.1, 0.15) is 28.3 Å². The summed E-state index contributed by atoms with van der Waals surface area (Å²) in [5, 5.41) is 2.90. The second-order valence-corrected chi connectivity index (χ2v) is 7.29. The van der Waals surface area contributed by atoms with Crippen LogP contribution in [0.5, 0.6) is 5.75 Å². The van der Waals surface area contributed by atoms with Gasteiger partial charge in [-0.05, 0) is 42.8 Å². The number of nitrogens with zero attached hydrogens (tertiary/aromatic N) is 2. The van der Waals surface area contributed by atoms with Crippen molar-refractivity contribution in [2.24, 2.45) is 0 Å². The van der Waals surface area contributed by atoms with Crippen molar-refractivity contribution < 1.29 is 14.3 Å². The van der Waals surface area contributed by atoms with E-state index in [0.717, 1.165) is 25.3 Å². The fourth-order valence-electron chi connectivity index (χ4n) is 3.63. The molecule has 2 aromatic rings. The Morgan fingerprint density at radius 1 is 1.18 bits per heavy atom. The molecule has 3 rings (SSSR count). The largest absolute Gasteiger partial charge is 0.496 e. The van der Waals surface area contributed by atoms with Crippen LogP contribution >= 0.6 is 0 Å². The van der Waals surface area contributed by atoms with E-state index in [1.165, 1.54) is 10.5 Å². The van der Waals surface area contributed by atoms with E-state index in [2.05, 4.69) is 16.3 Å². The van der Waals surface area contributed by atoms with E-state index in [1.54, 1.807) is 45.5 Å². The van der Waals surface area contributed by atoms with Gasteiger partial charge < -0.3 is 15.0 Å². The van der Waals surface area contributed by atoms with E-state index in [-0.39, 0.29) is 11.8 Å². The zero-order valence-electron chi connectivity index (χ0n) is 16.6. The van der Waals surface area contributed by atoms with E-state index in [4.69, 9.17) is 4.74 Å².